The molecule has 1 amide bonds. The van der Waals surface area contributed by atoms with Crippen molar-refractivity contribution in [3.8, 4) is 0 Å². The van der Waals surface area contributed by atoms with Crippen molar-refractivity contribution in [1.82, 2.24) is 20.1 Å². The molecular formula is C18H22N4O2. The highest BCUT2D eigenvalue weighted by Crippen LogP contribution is 2.47. The highest BCUT2D eigenvalue weighted by molar-refractivity contribution is 5.83. The van der Waals surface area contributed by atoms with E-state index in [-0.39, 0.29) is 24.0 Å². The van der Waals surface area contributed by atoms with Crippen LogP contribution in [0.15, 0.2) is 36.9 Å². The summed E-state index contributed by atoms with van der Waals surface area (Å²) in [6.45, 7) is 3.56. The lowest BCUT2D eigenvalue weighted by Gasteiger charge is -2.19. The van der Waals surface area contributed by atoms with Gasteiger partial charge in [-0.1, -0.05) is 6.07 Å². The zero-order valence-electron chi connectivity index (χ0n) is 13.8. The Balaban J connectivity index is 1.39. The van der Waals surface area contributed by atoms with Gasteiger partial charge in [-0.3, -0.25) is 14.5 Å². The molecular weight excluding hydrogens is 304 g/mol. The predicted molar refractivity (Wildman–Crippen MR) is 88.2 cm³/mol. The summed E-state index contributed by atoms with van der Waals surface area (Å²) in [5, 5.41) is 7.50. The summed E-state index contributed by atoms with van der Waals surface area (Å²) in [6, 6.07) is 4.00. The van der Waals surface area contributed by atoms with Gasteiger partial charge in [-0.05, 0) is 37.3 Å². The molecule has 2 fully saturated rings. The van der Waals surface area contributed by atoms with Crippen molar-refractivity contribution in [1.29, 1.82) is 0 Å². The fraction of sp³-hybridized carbons (Fsp3) is 0.500. The topological polar surface area (TPSA) is 69.0 Å². The number of aryl methyl sites for hydroxylation is 1. The van der Waals surface area contributed by atoms with Gasteiger partial charge < -0.3 is 10.1 Å². The SMILES string of the molecule is CCn1cc([C@H]2OCC[C@@H]2NC(=O)[C@H]2C[C@@H]2c2cccnc2)cn1. The predicted octanol–water partition coefficient (Wildman–Crippen LogP) is 2.05. The van der Waals surface area contributed by atoms with Gasteiger partial charge in [0.25, 0.3) is 0 Å². The molecule has 2 aromatic rings. The van der Waals surface area contributed by atoms with Crippen LogP contribution < -0.4 is 5.32 Å². The minimum absolute atomic E-state index is 0.0298. The summed E-state index contributed by atoms with van der Waals surface area (Å²) >= 11 is 0. The van der Waals surface area contributed by atoms with Gasteiger partial charge in [0.05, 0.1) is 12.2 Å². The first-order chi connectivity index (χ1) is 11.8. The van der Waals surface area contributed by atoms with Crippen molar-refractivity contribution in [2.24, 2.45) is 5.92 Å². The zero-order valence-corrected chi connectivity index (χ0v) is 13.8. The largest absolute Gasteiger partial charge is 0.371 e. The molecule has 2 aromatic heterocycles. The average Bonchev–Trinajstić information content (AvgIpc) is 3.05. The van der Waals surface area contributed by atoms with Crippen LogP contribution in [0.3, 0.4) is 0 Å². The van der Waals surface area contributed by atoms with Crippen molar-refractivity contribution < 1.29 is 9.53 Å². The quantitative estimate of drug-likeness (QED) is 0.913. The fourth-order valence-corrected chi connectivity index (χ4v) is 3.50. The molecule has 1 saturated heterocycles. The number of amides is 1. The van der Waals surface area contributed by atoms with Crippen molar-refractivity contribution in [3.63, 3.8) is 0 Å². The third-order valence-corrected chi connectivity index (χ3v) is 4.96. The lowest BCUT2D eigenvalue weighted by molar-refractivity contribution is -0.123. The van der Waals surface area contributed by atoms with E-state index in [0.717, 1.165) is 30.5 Å². The molecule has 0 unspecified atom stereocenters. The van der Waals surface area contributed by atoms with Crippen LogP contribution in [0.1, 0.15) is 42.9 Å². The average molecular weight is 326 g/mol. The molecule has 1 N–H and O–H groups in total. The van der Waals surface area contributed by atoms with Gasteiger partial charge in [0.15, 0.2) is 0 Å². The first-order valence-electron chi connectivity index (χ1n) is 8.60. The standard InChI is InChI=1S/C18H22N4O2/c1-2-22-11-13(10-20-22)17-16(5-7-24-17)21-18(23)15-8-14(15)12-4-3-6-19-9-12/h3-4,6,9-11,14-17H,2,5,7-8H2,1H3,(H,21,23)/t14-,15+,16+,17-/m1/s1. The minimum atomic E-state index is -0.0927. The van der Waals surface area contributed by atoms with Crippen LogP contribution >= 0.6 is 0 Å². The van der Waals surface area contributed by atoms with Gasteiger partial charge in [-0.15, -0.1) is 0 Å². The second-order valence-electron chi connectivity index (χ2n) is 6.56. The van der Waals surface area contributed by atoms with Crippen LogP contribution in [0.4, 0.5) is 0 Å². The molecule has 2 aliphatic rings. The monoisotopic (exact) mass is 326 g/mol. The molecule has 6 nitrogen and oxygen atoms in total. The molecule has 0 spiro atoms. The molecule has 1 aliphatic carbocycles. The second kappa shape index (κ2) is 6.36. The van der Waals surface area contributed by atoms with Gasteiger partial charge in [0, 0.05) is 43.2 Å². The highest BCUT2D eigenvalue weighted by Gasteiger charge is 2.45. The van der Waals surface area contributed by atoms with Crippen molar-refractivity contribution >= 4 is 5.91 Å². The number of hydrogen-bond acceptors (Lipinski definition) is 4. The third-order valence-electron chi connectivity index (χ3n) is 4.96. The molecule has 4 rings (SSSR count). The molecule has 126 valence electrons. The maximum Gasteiger partial charge on any atom is 0.224 e. The summed E-state index contributed by atoms with van der Waals surface area (Å²) in [4.78, 5) is 16.7. The number of nitrogens with zero attached hydrogens (tertiary/aromatic N) is 3. The number of carbonyl (C=O) groups is 1. The second-order valence-corrected chi connectivity index (χ2v) is 6.56. The van der Waals surface area contributed by atoms with Gasteiger partial charge in [0.2, 0.25) is 5.91 Å². The van der Waals surface area contributed by atoms with Crippen LogP contribution in [0.25, 0.3) is 0 Å². The Hall–Kier alpha value is -2.21. The molecule has 3 heterocycles. The van der Waals surface area contributed by atoms with Gasteiger partial charge in [-0.25, -0.2) is 0 Å². The van der Waals surface area contributed by atoms with E-state index in [9.17, 15) is 4.79 Å². The van der Waals surface area contributed by atoms with E-state index in [0.29, 0.717) is 12.5 Å². The smallest absolute Gasteiger partial charge is 0.224 e. The molecule has 24 heavy (non-hydrogen) atoms. The molecule has 6 heteroatoms. The van der Waals surface area contributed by atoms with Crippen LogP contribution in [0.5, 0.6) is 0 Å². The Morgan fingerprint density at radius 2 is 2.33 bits per heavy atom. The molecule has 4 atom stereocenters. The number of nitrogens with one attached hydrogen (secondary N) is 1. The fourth-order valence-electron chi connectivity index (χ4n) is 3.50. The van der Waals surface area contributed by atoms with E-state index in [1.165, 1.54) is 0 Å². The molecule has 1 saturated carbocycles. The zero-order chi connectivity index (χ0) is 16.5. The normalized spacial score (nSPS) is 28.7. The Morgan fingerprint density at radius 3 is 3.08 bits per heavy atom. The van der Waals surface area contributed by atoms with Gasteiger partial charge in [0.1, 0.15) is 6.10 Å². The number of carbonyl (C=O) groups excluding carboxylic acids is 1. The highest BCUT2D eigenvalue weighted by atomic mass is 16.5. The molecule has 0 radical (unpaired) electrons. The lowest BCUT2D eigenvalue weighted by Crippen LogP contribution is -2.37. The number of pyridine rings is 1. The van der Waals surface area contributed by atoms with Gasteiger partial charge >= 0.3 is 0 Å². The Labute approximate surface area is 141 Å². The van der Waals surface area contributed by atoms with E-state index in [1.807, 2.05) is 35.4 Å². The van der Waals surface area contributed by atoms with Crippen LogP contribution in [-0.2, 0) is 16.1 Å². The van der Waals surface area contributed by atoms with Crippen molar-refractivity contribution in [2.45, 2.75) is 44.4 Å². The van der Waals surface area contributed by atoms with Gasteiger partial charge in [-0.2, -0.15) is 5.10 Å². The summed E-state index contributed by atoms with van der Waals surface area (Å²) in [7, 11) is 0. The molecule has 0 aromatic carbocycles. The number of hydrogen-bond donors (Lipinski definition) is 1. The first-order valence-corrected chi connectivity index (χ1v) is 8.60. The Kier molecular flexibility index (Phi) is 4.06. The summed E-state index contributed by atoms with van der Waals surface area (Å²) in [6.07, 6.45) is 9.13. The Bertz CT molecular complexity index is 715. The van der Waals surface area contributed by atoms with E-state index in [2.05, 4.69) is 22.3 Å². The van der Waals surface area contributed by atoms with Crippen LogP contribution in [-0.4, -0.2) is 33.3 Å². The maximum absolute atomic E-state index is 12.6. The van der Waals surface area contributed by atoms with E-state index < -0.39 is 0 Å². The van der Waals surface area contributed by atoms with Crippen molar-refractivity contribution in [3.05, 3.63) is 48.0 Å². The lowest BCUT2D eigenvalue weighted by atomic mass is 10.0. The van der Waals surface area contributed by atoms with Crippen LogP contribution in [0.2, 0.25) is 0 Å². The van der Waals surface area contributed by atoms with Crippen LogP contribution in [0, 0.1) is 5.92 Å². The minimum Gasteiger partial charge on any atom is -0.371 e. The van der Waals surface area contributed by atoms with Crippen molar-refractivity contribution in [2.75, 3.05) is 6.61 Å². The number of rotatable bonds is 5. The Morgan fingerprint density at radius 1 is 1.42 bits per heavy atom. The molecule has 1 aliphatic heterocycles. The third kappa shape index (κ3) is 2.94. The van der Waals surface area contributed by atoms with E-state index in [1.54, 1.807) is 6.20 Å². The number of ether oxygens (including phenoxy) is 1. The number of aromatic nitrogens is 3. The summed E-state index contributed by atoms with van der Waals surface area (Å²) in [5.74, 6) is 0.503. The molecule has 0 bridgehead atoms. The first kappa shape index (κ1) is 15.3. The van der Waals surface area contributed by atoms with E-state index in [4.69, 9.17) is 4.74 Å². The van der Waals surface area contributed by atoms with E-state index >= 15 is 0 Å². The summed E-state index contributed by atoms with van der Waals surface area (Å²) in [5.41, 5.74) is 2.19. The summed E-state index contributed by atoms with van der Waals surface area (Å²) < 4.78 is 7.73. The maximum atomic E-state index is 12.6.